The van der Waals surface area contributed by atoms with E-state index in [9.17, 15) is 44.4 Å². The van der Waals surface area contributed by atoms with Crippen LogP contribution in [0.4, 0.5) is 5.13 Å². The number of fused-ring (bicyclic) bond motifs is 1. The van der Waals surface area contributed by atoms with Gasteiger partial charge in [0.2, 0.25) is 11.5 Å². The number of hydrogen-bond acceptors (Lipinski definition) is 13. The lowest BCUT2D eigenvalue weighted by Gasteiger charge is -2.50. The fourth-order valence-electron chi connectivity index (χ4n) is 6.28. The molecule has 1 aromatic carbocycles. The van der Waals surface area contributed by atoms with Gasteiger partial charge in [-0.15, -0.1) is 23.1 Å². The van der Waals surface area contributed by atoms with Gasteiger partial charge in [-0.2, -0.15) is 0 Å². The Bertz CT molecular complexity index is 1780. The number of nitrogens with two attached hydrogens (primary N) is 1. The number of likely N-dealkylation sites (N-methyl/N-ethyl adjacent to an activating group) is 1. The summed E-state index contributed by atoms with van der Waals surface area (Å²) in [4.78, 5) is 76.3. The molecule has 4 heterocycles. The van der Waals surface area contributed by atoms with Gasteiger partial charge in [-0.25, -0.2) is 14.6 Å². The van der Waals surface area contributed by atoms with Crippen molar-refractivity contribution in [1.29, 1.82) is 0 Å². The molecule has 0 aliphatic carbocycles. The van der Waals surface area contributed by atoms with Gasteiger partial charge in [-0.1, -0.05) is 5.16 Å². The number of nitrogens with zero attached hydrogens (tertiary/aromatic N) is 5. The van der Waals surface area contributed by atoms with Crippen molar-refractivity contribution in [2.24, 2.45) is 11.1 Å². The SMILES string of the molecule is CN(CC[N+]1(CC2=C(C(=O)O)N3C(=O)[C@@H](CC(=O)/C(=N\OC(C)(C)C(=O)O)c4csc(N)n4)[C@H]3SC2)CCCC1)C(=O)c1ccc(O)c(O)c1. The number of quaternary nitrogens is 1. The topological polar surface area (TPSA) is 233 Å². The van der Waals surface area contributed by atoms with Gasteiger partial charge in [0, 0.05) is 48.6 Å². The highest BCUT2D eigenvalue weighted by molar-refractivity contribution is 8.00. The summed E-state index contributed by atoms with van der Waals surface area (Å²) in [7, 11) is 1.64. The Hall–Kier alpha value is -4.68. The van der Waals surface area contributed by atoms with Crippen LogP contribution in [0.25, 0.3) is 0 Å². The van der Waals surface area contributed by atoms with Crippen molar-refractivity contribution in [3.05, 3.63) is 46.1 Å². The molecule has 0 radical (unpaired) electrons. The third-order valence-corrected chi connectivity index (χ3v) is 11.3. The molecule has 5 rings (SSSR count). The van der Waals surface area contributed by atoms with Crippen molar-refractivity contribution in [1.82, 2.24) is 14.8 Å². The first-order chi connectivity index (χ1) is 23.5. The Balaban J connectivity index is 1.31. The monoisotopic (exact) mass is 731 g/mol. The molecule has 1 aromatic heterocycles. The van der Waals surface area contributed by atoms with Gasteiger partial charge < -0.3 is 40.4 Å². The number of benzene rings is 1. The number of anilines is 1. The number of carbonyl (C=O) groups is 5. The number of likely N-dealkylation sites (tertiary alicyclic amines) is 1. The van der Waals surface area contributed by atoms with Gasteiger partial charge in [-0.05, 0) is 32.0 Å². The summed E-state index contributed by atoms with van der Waals surface area (Å²) in [5.41, 5.74) is 4.49. The van der Waals surface area contributed by atoms with Crippen molar-refractivity contribution in [2.45, 2.75) is 44.1 Å². The maximum atomic E-state index is 13.5. The molecule has 3 aliphatic heterocycles. The van der Waals surface area contributed by atoms with Gasteiger partial charge in [0.05, 0.1) is 37.5 Å². The number of oxime groups is 1. The third-order valence-electron chi connectivity index (χ3n) is 9.19. The normalized spacial score (nSPS) is 20.3. The number of thioether (sulfide) groups is 1. The Morgan fingerprint density at radius 1 is 1.16 bits per heavy atom. The van der Waals surface area contributed by atoms with Crippen LogP contribution in [-0.4, -0.2) is 131 Å². The number of hydrogen-bond donors (Lipinski definition) is 5. The quantitative estimate of drug-likeness (QED) is 0.0615. The highest BCUT2D eigenvalue weighted by Gasteiger charge is 2.55. The van der Waals surface area contributed by atoms with Crippen LogP contribution >= 0.6 is 23.1 Å². The van der Waals surface area contributed by atoms with Crippen molar-refractivity contribution < 1.29 is 53.7 Å². The summed E-state index contributed by atoms with van der Waals surface area (Å²) < 4.78 is 0.531. The number of ketones is 1. The minimum absolute atomic E-state index is 0.0696. The van der Waals surface area contributed by atoms with Crippen LogP contribution in [0.3, 0.4) is 0 Å². The number of carboxylic acids is 2. The van der Waals surface area contributed by atoms with Crippen molar-refractivity contribution >= 4 is 63.5 Å². The van der Waals surface area contributed by atoms with Crippen LogP contribution in [0, 0.1) is 5.92 Å². The lowest BCUT2D eigenvalue weighted by molar-refractivity contribution is -0.911. The number of phenols is 2. The van der Waals surface area contributed by atoms with E-state index in [1.807, 2.05) is 0 Å². The van der Waals surface area contributed by atoms with E-state index in [0.29, 0.717) is 35.4 Å². The summed E-state index contributed by atoms with van der Waals surface area (Å²) in [6.07, 6.45) is 1.51. The van der Waals surface area contributed by atoms with E-state index in [1.165, 1.54) is 59.0 Å². The summed E-state index contributed by atoms with van der Waals surface area (Å²) in [5.74, 6) is -5.31. The standard InChI is InChI=1S/C32H38N6O10S2/c1-32(2,30(46)47)48-35-24(20-16-50-31(33)34-20)23(41)13-19-27(43)37-25(29(44)45)18(15-49-28(19)37)14-38(9-4-5-10-38)11-8-36(3)26(42)17-6-7-21(39)22(40)12-17/h6-7,12,16,19,28H,4-5,8-11,13-15H2,1-3H3,(H5-,33,34,35,39,40,41,42,44,45,46,47)/p+1/t19-,28-/m1/s1. The zero-order valence-corrected chi connectivity index (χ0v) is 29.3. The molecule has 2 amide bonds. The first kappa shape index (κ1) is 36.6. The molecule has 0 spiro atoms. The summed E-state index contributed by atoms with van der Waals surface area (Å²) in [5, 5.41) is 44.0. The van der Waals surface area contributed by atoms with E-state index < -0.39 is 46.3 Å². The Labute approximate surface area is 295 Å². The number of nitrogen functional groups attached to an aromatic ring is 1. The molecular weight excluding hydrogens is 693 g/mol. The molecule has 2 atom stereocenters. The molecule has 3 aliphatic rings. The molecule has 268 valence electrons. The number of thiazole rings is 1. The van der Waals surface area contributed by atoms with Gasteiger partial charge >= 0.3 is 11.9 Å². The third kappa shape index (κ3) is 7.41. The Morgan fingerprint density at radius 3 is 2.46 bits per heavy atom. The maximum Gasteiger partial charge on any atom is 0.352 e. The molecule has 2 fully saturated rings. The molecule has 6 N–H and O–H groups in total. The van der Waals surface area contributed by atoms with Crippen molar-refractivity contribution in [2.75, 3.05) is 51.3 Å². The fraction of sp³-hybridized carbons (Fsp3) is 0.469. The number of aromatic nitrogens is 1. The summed E-state index contributed by atoms with van der Waals surface area (Å²) in [6.45, 7) is 5.30. The van der Waals surface area contributed by atoms with E-state index in [4.69, 9.17) is 10.6 Å². The van der Waals surface area contributed by atoms with Gasteiger partial charge in [0.25, 0.3) is 5.91 Å². The molecule has 0 bridgehead atoms. The van der Waals surface area contributed by atoms with Gasteiger partial charge in [-0.3, -0.25) is 19.3 Å². The highest BCUT2D eigenvalue weighted by atomic mass is 32.2. The Kier molecular flexibility index (Phi) is 10.5. The van der Waals surface area contributed by atoms with Crippen LogP contribution in [0.5, 0.6) is 11.5 Å². The zero-order valence-electron chi connectivity index (χ0n) is 27.7. The maximum absolute atomic E-state index is 13.5. The second kappa shape index (κ2) is 14.3. The largest absolute Gasteiger partial charge is 0.504 e. The zero-order chi connectivity index (χ0) is 36.5. The van der Waals surface area contributed by atoms with E-state index in [2.05, 4.69) is 10.1 Å². The second-order valence-electron chi connectivity index (χ2n) is 13.1. The van der Waals surface area contributed by atoms with E-state index in [-0.39, 0.29) is 45.9 Å². The number of aliphatic carboxylic acids is 2. The minimum Gasteiger partial charge on any atom is -0.504 e. The van der Waals surface area contributed by atoms with Crippen LogP contribution in [0.2, 0.25) is 0 Å². The number of β-lactam (4-membered cyclic amide) rings is 1. The van der Waals surface area contributed by atoms with E-state index >= 15 is 0 Å². The highest BCUT2D eigenvalue weighted by Crippen LogP contribution is 2.46. The lowest BCUT2D eigenvalue weighted by Crippen LogP contribution is -2.63. The molecule has 2 aromatic rings. The number of Topliss-reactive ketones (excluding diaryl/α,β-unsaturated/α-hetero) is 1. The van der Waals surface area contributed by atoms with Crippen LogP contribution < -0.4 is 5.73 Å². The number of carbonyl (C=O) groups excluding carboxylic acids is 3. The fourth-order valence-corrected chi connectivity index (χ4v) is 8.24. The molecule has 2 saturated heterocycles. The number of rotatable bonds is 14. The van der Waals surface area contributed by atoms with Gasteiger partial charge in [0.15, 0.2) is 28.1 Å². The predicted octanol–water partition coefficient (Wildman–Crippen LogP) is 1.93. The lowest BCUT2D eigenvalue weighted by atomic mass is 9.89. The Morgan fingerprint density at radius 2 is 1.86 bits per heavy atom. The minimum atomic E-state index is -1.76. The molecule has 50 heavy (non-hydrogen) atoms. The number of carboxylic acid groups (broad SMARTS) is 2. The van der Waals surface area contributed by atoms with E-state index in [0.717, 1.165) is 37.3 Å². The smallest absolute Gasteiger partial charge is 0.352 e. The predicted molar refractivity (Wildman–Crippen MR) is 182 cm³/mol. The van der Waals surface area contributed by atoms with Crippen LogP contribution in [0.15, 0.2) is 40.0 Å². The number of amides is 2. The first-order valence-corrected chi connectivity index (χ1v) is 17.7. The van der Waals surface area contributed by atoms with Crippen LogP contribution in [-0.2, 0) is 24.0 Å². The summed E-state index contributed by atoms with van der Waals surface area (Å²) in [6, 6.07) is 3.88. The number of phenolic OH excluding ortho intramolecular Hbond substituents is 2. The first-order valence-electron chi connectivity index (χ1n) is 15.8. The average molecular weight is 732 g/mol. The molecule has 18 heteroatoms. The number of aromatic hydroxyl groups is 2. The van der Waals surface area contributed by atoms with Crippen molar-refractivity contribution in [3.63, 3.8) is 0 Å². The average Bonchev–Trinajstić information content (AvgIpc) is 3.72. The van der Waals surface area contributed by atoms with E-state index in [1.54, 1.807) is 7.05 Å². The molecule has 0 saturated carbocycles. The van der Waals surface area contributed by atoms with Gasteiger partial charge in [0.1, 0.15) is 17.9 Å². The molecule has 0 unspecified atom stereocenters. The summed E-state index contributed by atoms with van der Waals surface area (Å²) >= 11 is 2.41. The molecule has 16 nitrogen and oxygen atoms in total. The van der Waals surface area contributed by atoms with Crippen LogP contribution in [0.1, 0.15) is 49.2 Å². The van der Waals surface area contributed by atoms with Crippen molar-refractivity contribution in [3.8, 4) is 11.5 Å². The molecular formula is C32H39N6O10S2+. The second-order valence-corrected chi connectivity index (χ2v) is 15.1.